The topological polar surface area (TPSA) is 82.0 Å². The lowest BCUT2D eigenvalue weighted by Crippen LogP contribution is -2.13. The molecule has 0 aliphatic rings. The molecule has 4 N–H and O–H groups in total. The Balaban J connectivity index is 3.19. The third-order valence-electron chi connectivity index (χ3n) is 1.07. The summed E-state index contributed by atoms with van der Waals surface area (Å²) in [7, 11) is 0. The predicted molar refractivity (Wildman–Crippen MR) is 42.2 cm³/mol. The van der Waals surface area contributed by atoms with E-state index in [1.54, 1.807) is 0 Å². The van der Waals surface area contributed by atoms with Gasteiger partial charge in [0, 0.05) is 5.69 Å². The molecule has 5 heteroatoms. The van der Waals surface area contributed by atoms with Gasteiger partial charge in [0.05, 0.1) is 0 Å². The van der Waals surface area contributed by atoms with Gasteiger partial charge in [-0.3, -0.25) is 4.79 Å². The SMILES string of the molecule is NC(=O)c1cc(N)cc(Cl)n1. The molecular weight excluding hydrogens is 166 g/mol. The third kappa shape index (κ3) is 1.81. The maximum atomic E-state index is 10.6. The smallest absolute Gasteiger partial charge is 0.267 e. The minimum Gasteiger partial charge on any atom is -0.399 e. The standard InChI is InChI=1S/C6H6ClN3O/c7-5-2-3(8)1-4(10-5)6(9)11/h1-2H,(H2,8,10)(H2,9,11). The van der Waals surface area contributed by atoms with Gasteiger partial charge in [0.15, 0.2) is 0 Å². The van der Waals surface area contributed by atoms with Gasteiger partial charge in [0.1, 0.15) is 10.8 Å². The van der Waals surface area contributed by atoms with Crippen LogP contribution in [-0.4, -0.2) is 10.9 Å². The maximum Gasteiger partial charge on any atom is 0.267 e. The van der Waals surface area contributed by atoms with Gasteiger partial charge in [-0.25, -0.2) is 4.98 Å². The number of nitrogens with zero attached hydrogens (tertiary/aromatic N) is 1. The number of pyridine rings is 1. The molecule has 0 atom stereocenters. The average molecular weight is 172 g/mol. The van der Waals surface area contributed by atoms with E-state index in [-0.39, 0.29) is 10.8 Å². The van der Waals surface area contributed by atoms with Crippen LogP contribution in [0.5, 0.6) is 0 Å². The number of carbonyl (C=O) groups is 1. The average Bonchev–Trinajstić information content (AvgIpc) is 1.85. The fourth-order valence-corrected chi connectivity index (χ4v) is 0.860. The van der Waals surface area contributed by atoms with Crippen molar-refractivity contribution in [2.45, 2.75) is 0 Å². The lowest BCUT2D eigenvalue weighted by Gasteiger charge is -1.97. The Morgan fingerprint density at radius 2 is 2.18 bits per heavy atom. The van der Waals surface area contributed by atoms with Gasteiger partial charge >= 0.3 is 0 Å². The van der Waals surface area contributed by atoms with Crippen molar-refractivity contribution in [2.75, 3.05) is 5.73 Å². The van der Waals surface area contributed by atoms with E-state index in [4.69, 9.17) is 23.1 Å². The monoisotopic (exact) mass is 171 g/mol. The number of primary amides is 1. The molecule has 0 saturated heterocycles. The summed E-state index contributed by atoms with van der Waals surface area (Å²) in [5.41, 5.74) is 10.8. The van der Waals surface area contributed by atoms with Gasteiger partial charge in [-0.2, -0.15) is 0 Å². The highest BCUT2D eigenvalue weighted by atomic mass is 35.5. The van der Waals surface area contributed by atoms with Crippen LogP contribution in [0.2, 0.25) is 5.15 Å². The minimum atomic E-state index is -0.640. The van der Waals surface area contributed by atoms with Crippen molar-refractivity contribution in [3.8, 4) is 0 Å². The number of rotatable bonds is 1. The Morgan fingerprint density at radius 1 is 1.55 bits per heavy atom. The summed E-state index contributed by atoms with van der Waals surface area (Å²) < 4.78 is 0. The van der Waals surface area contributed by atoms with E-state index in [0.29, 0.717) is 5.69 Å². The van der Waals surface area contributed by atoms with Crippen LogP contribution in [0.25, 0.3) is 0 Å². The van der Waals surface area contributed by atoms with Crippen LogP contribution < -0.4 is 11.5 Å². The quantitative estimate of drug-likeness (QED) is 0.601. The molecule has 1 heterocycles. The summed E-state index contributed by atoms with van der Waals surface area (Å²) in [6, 6.07) is 2.81. The molecule has 0 aromatic carbocycles. The number of carbonyl (C=O) groups excluding carboxylic acids is 1. The Kier molecular flexibility index (Phi) is 1.96. The van der Waals surface area contributed by atoms with Crippen LogP contribution in [-0.2, 0) is 0 Å². The number of amides is 1. The zero-order valence-corrected chi connectivity index (χ0v) is 6.30. The second kappa shape index (κ2) is 2.75. The molecule has 58 valence electrons. The van der Waals surface area contributed by atoms with E-state index in [9.17, 15) is 4.79 Å². The third-order valence-corrected chi connectivity index (χ3v) is 1.26. The number of nitrogens with two attached hydrogens (primary N) is 2. The van der Waals surface area contributed by atoms with E-state index < -0.39 is 5.91 Å². The Hall–Kier alpha value is -1.29. The molecule has 0 aliphatic carbocycles. The van der Waals surface area contributed by atoms with Gasteiger partial charge in [0.2, 0.25) is 0 Å². The fourth-order valence-electron chi connectivity index (χ4n) is 0.643. The number of aromatic nitrogens is 1. The van der Waals surface area contributed by atoms with E-state index in [1.165, 1.54) is 12.1 Å². The molecule has 1 amide bonds. The summed E-state index contributed by atoms with van der Waals surface area (Å²) in [6.07, 6.45) is 0. The van der Waals surface area contributed by atoms with Crippen molar-refractivity contribution >= 4 is 23.2 Å². The van der Waals surface area contributed by atoms with Crippen molar-refractivity contribution in [3.05, 3.63) is 23.0 Å². The van der Waals surface area contributed by atoms with Crippen LogP contribution in [0.3, 0.4) is 0 Å². The molecule has 0 fully saturated rings. The van der Waals surface area contributed by atoms with Crippen LogP contribution in [0, 0.1) is 0 Å². The normalized spacial score (nSPS) is 9.55. The van der Waals surface area contributed by atoms with Crippen molar-refractivity contribution < 1.29 is 4.79 Å². The van der Waals surface area contributed by atoms with Crippen LogP contribution >= 0.6 is 11.6 Å². The molecule has 1 aromatic heterocycles. The lowest BCUT2D eigenvalue weighted by atomic mass is 10.3. The van der Waals surface area contributed by atoms with Crippen molar-refractivity contribution in [1.29, 1.82) is 0 Å². The van der Waals surface area contributed by atoms with Crippen molar-refractivity contribution in [2.24, 2.45) is 5.73 Å². The summed E-state index contributed by atoms with van der Waals surface area (Å²) in [5.74, 6) is -0.640. The zero-order valence-electron chi connectivity index (χ0n) is 5.54. The highest BCUT2D eigenvalue weighted by molar-refractivity contribution is 6.29. The van der Waals surface area contributed by atoms with E-state index in [1.807, 2.05) is 0 Å². The van der Waals surface area contributed by atoms with Gasteiger partial charge in [-0.05, 0) is 12.1 Å². The molecule has 11 heavy (non-hydrogen) atoms. The first kappa shape index (κ1) is 7.81. The van der Waals surface area contributed by atoms with Gasteiger partial charge in [0.25, 0.3) is 5.91 Å². The summed E-state index contributed by atoms with van der Waals surface area (Å²) in [4.78, 5) is 14.2. The molecule has 1 rings (SSSR count). The Labute approximate surface area is 68.2 Å². The van der Waals surface area contributed by atoms with Crippen LogP contribution in [0.4, 0.5) is 5.69 Å². The largest absolute Gasteiger partial charge is 0.399 e. The maximum absolute atomic E-state index is 10.6. The zero-order chi connectivity index (χ0) is 8.43. The number of hydrogen-bond acceptors (Lipinski definition) is 3. The second-order valence-corrected chi connectivity index (χ2v) is 2.36. The summed E-state index contributed by atoms with van der Waals surface area (Å²) >= 11 is 5.50. The predicted octanol–water partition coefficient (Wildman–Crippen LogP) is 0.416. The first-order chi connectivity index (χ1) is 5.09. The molecule has 0 bridgehead atoms. The highest BCUT2D eigenvalue weighted by Crippen LogP contribution is 2.11. The number of hydrogen-bond donors (Lipinski definition) is 2. The first-order valence-electron chi connectivity index (χ1n) is 2.82. The van der Waals surface area contributed by atoms with Crippen LogP contribution in [0.1, 0.15) is 10.5 Å². The van der Waals surface area contributed by atoms with Crippen molar-refractivity contribution in [3.63, 3.8) is 0 Å². The number of halogens is 1. The Bertz CT molecular complexity index is 280. The molecule has 0 unspecified atom stereocenters. The molecular formula is C6H6ClN3O. The fraction of sp³-hybridized carbons (Fsp3) is 0. The Morgan fingerprint density at radius 3 is 2.64 bits per heavy atom. The van der Waals surface area contributed by atoms with Crippen molar-refractivity contribution in [1.82, 2.24) is 4.98 Å². The van der Waals surface area contributed by atoms with Gasteiger partial charge in [-0.1, -0.05) is 11.6 Å². The summed E-state index contributed by atoms with van der Waals surface area (Å²) in [5, 5.41) is 0.166. The molecule has 1 aromatic rings. The molecule has 4 nitrogen and oxygen atoms in total. The van der Waals surface area contributed by atoms with E-state index >= 15 is 0 Å². The number of anilines is 1. The molecule has 0 radical (unpaired) electrons. The molecule has 0 aliphatic heterocycles. The molecule has 0 saturated carbocycles. The second-order valence-electron chi connectivity index (χ2n) is 1.97. The highest BCUT2D eigenvalue weighted by Gasteiger charge is 2.03. The van der Waals surface area contributed by atoms with Crippen LogP contribution in [0.15, 0.2) is 12.1 Å². The minimum absolute atomic E-state index is 0.0787. The lowest BCUT2D eigenvalue weighted by molar-refractivity contribution is 0.0995. The van der Waals surface area contributed by atoms with E-state index in [0.717, 1.165) is 0 Å². The van der Waals surface area contributed by atoms with Gasteiger partial charge < -0.3 is 11.5 Å². The number of nitrogen functional groups attached to an aromatic ring is 1. The van der Waals surface area contributed by atoms with E-state index in [2.05, 4.69) is 4.98 Å². The summed E-state index contributed by atoms with van der Waals surface area (Å²) in [6.45, 7) is 0. The first-order valence-corrected chi connectivity index (χ1v) is 3.20. The molecule has 0 spiro atoms. The van der Waals surface area contributed by atoms with Gasteiger partial charge in [-0.15, -0.1) is 0 Å².